The summed E-state index contributed by atoms with van der Waals surface area (Å²) < 4.78 is 0. The van der Waals surface area contributed by atoms with Crippen LogP contribution in [0, 0.1) is 0 Å². The molecule has 1 atom stereocenters. The van der Waals surface area contributed by atoms with E-state index in [1.54, 1.807) is 0 Å². The number of benzene rings is 1. The van der Waals surface area contributed by atoms with Crippen LogP contribution in [-0.2, 0) is 12.0 Å². The summed E-state index contributed by atoms with van der Waals surface area (Å²) in [5.74, 6) is 0.709. The largest absolute Gasteiger partial charge is 0.307 e. The third-order valence-corrected chi connectivity index (χ3v) is 4.15. The van der Waals surface area contributed by atoms with Crippen molar-refractivity contribution in [2.45, 2.75) is 65.0 Å². The van der Waals surface area contributed by atoms with E-state index in [4.69, 9.17) is 11.6 Å². The number of rotatable bonds is 6. The van der Waals surface area contributed by atoms with Crippen LogP contribution in [-0.4, -0.2) is 11.4 Å². The zero-order chi connectivity index (χ0) is 14.5. The maximum absolute atomic E-state index is 5.88. The SMILES string of the molecule is CCC(C)(CCCl)NCc1ccc(C(C)(C)C)cc1. The van der Waals surface area contributed by atoms with E-state index in [1.165, 1.54) is 11.1 Å². The minimum atomic E-state index is 0.143. The number of hydrogen-bond acceptors (Lipinski definition) is 1. The molecule has 1 nitrogen and oxygen atoms in total. The van der Waals surface area contributed by atoms with Gasteiger partial charge in [-0.3, -0.25) is 0 Å². The fraction of sp³-hybridized carbons (Fsp3) is 0.647. The summed E-state index contributed by atoms with van der Waals surface area (Å²) in [4.78, 5) is 0. The van der Waals surface area contributed by atoms with Gasteiger partial charge in [-0.2, -0.15) is 0 Å². The van der Waals surface area contributed by atoms with Crippen molar-refractivity contribution in [3.05, 3.63) is 35.4 Å². The smallest absolute Gasteiger partial charge is 0.0240 e. The molecule has 1 aromatic carbocycles. The van der Waals surface area contributed by atoms with Gasteiger partial charge >= 0.3 is 0 Å². The number of hydrogen-bond donors (Lipinski definition) is 1. The van der Waals surface area contributed by atoms with Crippen molar-refractivity contribution in [2.24, 2.45) is 0 Å². The molecule has 0 radical (unpaired) electrons. The second-order valence-corrected chi connectivity index (χ2v) is 7.03. The standard InChI is InChI=1S/C17H28ClN/c1-6-17(5,11-12-18)19-13-14-7-9-15(10-8-14)16(2,3)4/h7-10,19H,6,11-13H2,1-5H3. The van der Waals surface area contributed by atoms with Crippen LogP contribution in [0.2, 0.25) is 0 Å². The van der Waals surface area contributed by atoms with E-state index in [0.717, 1.165) is 19.4 Å². The lowest BCUT2D eigenvalue weighted by Gasteiger charge is -2.29. The molecule has 0 aliphatic carbocycles. The Morgan fingerprint density at radius 2 is 1.63 bits per heavy atom. The average Bonchev–Trinajstić information content (AvgIpc) is 2.36. The van der Waals surface area contributed by atoms with Crippen LogP contribution in [0.5, 0.6) is 0 Å². The van der Waals surface area contributed by atoms with Gasteiger partial charge in [-0.05, 0) is 36.3 Å². The molecule has 0 aliphatic rings. The number of halogens is 1. The van der Waals surface area contributed by atoms with Gasteiger partial charge in [0.25, 0.3) is 0 Å². The van der Waals surface area contributed by atoms with E-state index in [1.807, 2.05) is 0 Å². The fourth-order valence-corrected chi connectivity index (χ4v) is 2.45. The zero-order valence-corrected chi connectivity index (χ0v) is 13.8. The van der Waals surface area contributed by atoms with E-state index < -0.39 is 0 Å². The van der Waals surface area contributed by atoms with Crippen LogP contribution >= 0.6 is 11.6 Å². The van der Waals surface area contributed by atoms with Crippen LogP contribution in [0.25, 0.3) is 0 Å². The quantitative estimate of drug-likeness (QED) is 0.734. The molecular formula is C17H28ClN. The summed E-state index contributed by atoms with van der Waals surface area (Å²) in [7, 11) is 0. The molecule has 0 fully saturated rings. The third kappa shape index (κ3) is 5.16. The molecule has 0 heterocycles. The molecule has 108 valence electrons. The molecule has 0 aliphatic heterocycles. The summed E-state index contributed by atoms with van der Waals surface area (Å²) in [6, 6.07) is 8.93. The topological polar surface area (TPSA) is 12.0 Å². The van der Waals surface area contributed by atoms with Gasteiger partial charge in [-0.15, -0.1) is 11.6 Å². The molecule has 1 rings (SSSR count). The second-order valence-electron chi connectivity index (χ2n) is 6.65. The summed E-state index contributed by atoms with van der Waals surface area (Å²) in [5, 5.41) is 3.64. The fourth-order valence-electron chi connectivity index (χ4n) is 2.04. The Morgan fingerprint density at radius 3 is 2.05 bits per heavy atom. The summed E-state index contributed by atoms with van der Waals surface area (Å²) in [6.07, 6.45) is 2.10. The Hall–Kier alpha value is -0.530. The zero-order valence-electron chi connectivity index (χ0n) is 13.0. The van der Waals surface area contributed by atoms with Crippen molar-refractivity contribution in [1.82, 2.24) is 5.32 Å². The Bertz CT molecular complexity index is 377. The van der Waals surface area contributed by atoms with Gasteiger partial charge in [0.2, 0.25) is 0 Å². The molecule has 0 aromatic heterocycles. The molecular weight excluding hydrogens is 254 g/mol. The van der Waals surface area contributed by atoms with Crippen LogP contribution in [0.15, 0.2) is 24.3 Å². The maximum Gasteiger partial charge on any atom is 0.0240 e. The van der Waals surface area contributed by atoms with Crippen LogP contribution < -0.4 is 5.32 Å². The first kappa shape index (κ1) is 16.5. The predicted octanol–water partition coefficient (Wildman–Crippen LogP) is 4.87. The van der Waals surface area contributed by atoms with Crippen molar-refractivity contribution < 1.29 is 0 Å². The second kappa shape index (κ2) is 6.76. The minimum Gasteiger partial charge on any atom is -0.307 e. The van der Waals surface area contributed by atoms with Crippen molar-refractivity contribution in [3.63, 3.8) is 0 Å². The van der Waals surface area contributed by atoms with Gasteiger partial charge in [0.1, 0.15) is 0 Å². The molecule has 1 N–H and O–H groups in total. The van der Waals surface area contributed by atoms with Crippen molar-refractivity contribution in [3.8, 4) is 0 Å². The van der Waals surface area contributed by atoms with E-state index >= 15 is 0 Å². The summed E-state index contributed by atoms with van der Waals surface area (Å²) >= 11 is 5.88. The lowest BCUT2D eigenvalue weighted by Crippen LogP contribution is -2.41. The van der Waals surface area contributed by atoms with Gasteiger partial charge in [0.15, 0.2) is 0 Å². The normalized spacial score (nSPS) is 15.3. The first-order chi connectivity index (χ1) is 8.80. The molecule has 0 saturated carbocycles. The predicted molar refractivity (Wildman–Crippen MR) is 86.0 cm³/mol. The number of nitrogens with one attached hydrogen (secondary N) is 1. The highest BCUT2D eigenvalue weighted by atomic mass is 35.5. The van der Waals surface area contributed by atoms with Crippen molar-refractivity contribution in [1.29, 1.82) is 0 Å². The molecule has 0 amide bonds. The highest BCUT2D eigenvalue weighted by Gasteiger charge is 2.20. The molecule has 19 heavy (non-hydrogen) atoms. The molecule has 1 unspecified atom stereocenters. The molecule has 2 heteroatoms. The monoisotopic (exact) mass is 281 g/mol. The number of alkyl halides is 1. The van der Waals surface area contributed by atoms with Crippen LogP contribution in [0.1, 0.15) is 58.6 Å². The Kier molecular flexibility index (Phi) is 5.88. The third-order valence-electron chi connectivity index (χ3n) is 3.97. The van der Waals surface area contributed by atoms with Gasteiger partial charge < -0.3 is 5.32 Å². The Morgan fingerprint density at radius 1 is 1.05 bits per heavy atom. The minimum absolute atomic E-state index is 0.143. The first-order valence-corrected chi connectivity index (χ1v) is 7.74. The molecule has 0 spiro atoms. The first-order valence-electron chi connectivity index (χ1n) is 7.21. The van der Waals surface area contributed by atoms with Gasteiger partial charge in [0, 0.05) is 18.0 Å². The molecule has 1 aromatic rings. The van der Waals surface area contributed by atoms with Crippen molar-refractivity contribution in [2.75, 3.05) is 5.88 Å². The van der Waals surface area contributed by atoms with E-state index in [0.29, 0.717) is 5.88 Å². The molecule has 0 bridgehead atoms. The molecule has 0 saturated heterocycles. The van der Waals surface area contributed by atoms with E-state index in [9.17, 15) is 0 Å². The van der Waals surface area contributed by atoms with Gasteiger partial charge in [0.05, 0.1) is 0 Å². The Balaban J connectivity index is 2.64. The van der Waals surface area contributed by atoms with E-state index in [-0.39, 0.29) is 11.0 Å². The van der Waals surface area contributed by atoms with Crippen molar-refractivity contribution >= 4 is 11.6 Å². The summed E-state index contributed by atoms with van der Waals surface area (Å²) in [5.41, 5.74) is 3.09. The highest BCUT2D eigenvalue weighted by molar-refractivity contribution is 6.17. The van der Waals surface area contributed by atoms with Crippen LogP contribution in [0.3, 0.4) is 0 Å². The van der Waals surface area contributed by atoms with Gasteiger partial charge in [-0.1, -0.05) is 52.0 Å². The van der Waals surface area contributed by atoms with E-state index in [2.05, 4.69) is 64.2 Å². The highest BCUT2D eigenvalue weighted by Crippen LogP contribution is 2.22. The lowest BCUT2D eigenvalue weighted by atomic mass is 9.86. The Labute approximate surface area is 123 Å². The van der Waals surface area contributed by atoms with Gasteiger partial charge in [-0.25, -0.2) is 0 Å². The lowest BCUT2D eigenvalue weighted by molar-refractivity contribution is 0.331. The average molecular weight is 282 g/mol. The van der Waals surface area contributed by atoms with Crippen LogP contribution in [0.4, 0.5) is 0 Å². The maximum atomic E-state index is 5.88. The summed E-state index contributed by atoms with van der Waals surface area (Å²) in [6.45, 7) is 12.1.